The molecule has 1 aromatic carbocycles. The van der Waals surface area contributed by atoms with Gasteiger partial charge in [0.1, 0.15) is 30.2 Å². The van der Waals surface area contributed by atoms with E-state index in [9.17, 15) is 15.0 Å². The maximum absolute atomic E-state index is 12.3. The summed E-state index contributed by atoms with van der Waals surface area (Å²) in [4.78, 5) is 26.7. The van der Waals surface area contributed by atoms with E-state index in [4.69, 9.17) is 10.5 Å². The molecule has 1 amide bonds. The molecule has 11 heteroatoms. The highest BCUT2D eigenvalue weighted by Crippen LogP contribution is 2.32. The van der Waals surface area contributed by atoms with Gasteiger partial charge in [-0.25, -0.2) is 15.0 Å². The van der Waals surface area contributed by atoms with Crippen molar-refractivity contribution in [3.8, 4) is 0 Å². The lowest BCUT2D eigenvalue weighted by Crippen LogP contribution is -2.39. The number of imidazole rings is 1. The van der Waals surface area contributed by atoms with E-state index in [0.29, 0.717) is 37.2 Å². The number of hydrogen-bond acceptors (Lipinski definition) is 9. The molecule has 4 atom stereocenters. The van der Waals surface area contributed by atoms with Crippen LogP contribution in [0.5, 0.6) is 0 Å². The molecule has 0 radical (unpaired) electrons. The molecule has 11 nitrogen and oxygen atoms in total. The van der Waals surface area contributed by atoms with Gasteiger partial charge in [0.2, 0.25) is 5.91 Å². The zero-order valence-electron chi connectivity index (χ0n) is 21.8. The molecule has 5 N–H and O–H groups in total. The Morgan fingerprint density at radius 1 is 1.16 bits per heavy atom. The number of nitrogens with zero attached hydrogens (tertiary/aromatic N) is 5. The van der Waals surface area contributed by atoms with Crippen LogP contribution in [-0.2, 0) is 21.4 Å². The van der Waals surface area contributed by atoms with Crippen LogP contribution >= 0.6 is 0 Å². The SMILES string of the molecule is CN(CCCNC(=O)Cc1ccc(C(C)(C)C)cc1)C[C@H]1O[C@@H](n2cnc3c(N)ncnc32)C(O)C1O. The Morgan fingerprint density at radius 3 is 2.59 bits per heavy atom. The van der Waals surface area contributed by atoms with Crippen LogP contribution < -0.4 is 11.1 Å². The summed E-state index contributed by atoms with van der Waals surface area (Å²) < 4.78 is 7.56. The molecule has 0 spiro atoms. The number of carbonyl (C=O) groups is 1. The van der Waals surface area contributed by atoms with Gasteiger partial charge in [-0.3, -0.25) is 9.36 Å². The Hall–Kier alpha value is -3.12. The number of aromatic nitrogens is 4. The Morgan fingerprint density at radius 2 is 1.89 bits per heavy atom. The molecule has 1 fully saturated rings. The van der Waals surface area contributed by atoms with Crippen molar-refractivity contribution < 1.29 is 19.7 Å². The van der Waals surface area contributed by atoms with Gasteiger partial charge in [-0.2, -0.15) is 0 Å². The van der Waals surface area contributed by atoms with Crippen molar-refractivity contribution in [1.29, 1.82) is 0 Å². The maximum atomic E-state index is 12.3. The van der Waals surface area contributed by atoms with Gasteiger partial charge in [-0.1, -0.05) is 45.0 Å². The third-order valence-electron chi connectivity index (χ3n) is 6.71. The van der Waals surface area contributed by atoms with Crippen molar-refractivity contribution in [2.75, 3.05) is 32.4 Å². The highest BCUT2D eigenvalue weighted by molar-refractivity contribution is 5.81. The van der Waals surface area contributed by atoms with E-state index in [1.54, 1.807) is 4.57 Å². The summed E-state index contributed by atoms with van der Waals surface area (Å²) >= 11 is 0. The second-order valence-corrected chi connectivity index (χ2v) is 10.7. The van der Waals surface area contributed by atoms with Gasteiger partial charge in [0.15, 0.2) is 17.7 Å². The number of carbonyl (C=O) groups excluding carboxylic acids is 1. The summed E-state index contributed by atoms with van der Waals surface area (Å²) in [6, 6.07) is 8.18. The second kappa shape index (κ2) is 11.1. The molecular formula is C26H37N7O4. The molecule has 2 aromatic heterocycles. The summed E-state index contributed by atoms with van der Waals surface area (Å²) in [5.41, 5.74) is 9.01. The number of amides is 1. The van der Waals surface area contributed by atoms with Crippen molar-refractivity contribution in [2.45, 2.75) is 63.6 Å². The fourth-order valence-corrected chi connectivity index (χ4v) is 4.51. The summed E-state index contributed by atoms with van der Waals surface area (Å²) in [6.45, 7) is 8.14. The number of ether oxygens (including phenoxy) is 1. The number of fused-ring (bicyclic) bond motifs is 1. The Balaban J connectivity index is 1.21. The van der Waals surface area contributed by atoms with Gasteiger partial charge in [0, 0.05) is 13.1 Å². The van der Waals surface area contributed by atoms with Gasteiger partial charge in [-0.15, -0.1) is 0 Å². The fraction of sp³-hybridized carbons (Fsp3) is 0.538. The third kappa shape index (κ3) is 6.24. The average molecular weight is 512 g/mol. The predicted molar refractivity (Wildman–Crippen MR) is 140 cm³/mol. The molecule has 200 valence electrons. The molecule has 0 bridgehead atoms. The first kappa shape index (κ1) is 26.9. The van der Waals surface area contributed by atoms with Crippen LogP contribution in [-0.4, -0.2) is 85.5 Å². The van der Waals surface area contributed by atoms with Gasteiger partial charge in [0.05, 0.1) is 12.7 Å². The molecule has 0 aliphatic carbocycles. The van der Waals surface area contributed by atoms with E-state index in [1.165, 1.54) is 18.2 Å². The number of aliphatic hydroxyl groups is 2. The zero-order valence-corrected chi connectivity index (χ0v) is 21.8. The highest BCUT2D eigenvalue weighted by Gasteiger charge is 2.44. The molecule has 3 heterocycles. The van der Waals surface area contributed by atoms with Gasteiger partial charge in [-0.05, 0) is 36.6 Å². The highest BCUT2D eigenvalue weighted by atomic mass is 16.6. The minimum atomic E-state index is -1.15. The molecule has 0 saturated carbocycles. The maximum Gasteiger partial charge on any atom is 0.224 e. The summed E-state index contributed by atoms with van der Waals surface area (Å²) in [6.07, 6.45) is 0.211. The van der Waals surface area contributed by atoms with Gasteiger partial charge >= 0.3 is 0 Å². The summed E-state index contributed by atoms with van der Waals surface area (Å²) in [5, 5.41) is 24.2. The number of benzene rings is 1. The number of likely N-dealkylation sites (N-methyl/N-ethyl adjacent to an activating group) is 1. The number of nitrogens with one attached hydrogen (secondary N) is 1. The van der Waals surface area contributed by atoms with Crippen molar-refractivity contribution in [3.63, 3.8) is 0 Å². The van der Waals surface area contributed by atoms with Crippen molar-refractivity contribution in [3.05, 3.63) is 48.0 Å². The van der Waals surface area contributed by atoms with Crippen LogP contribution in [0, 0.1) is 0 Å². The smallest absolute Gasteiger partial charge is 0.224 e. The molecular weight excluding hydrogens is 474 g/mol. The summed E-state index contributed by atoms with van der Waals surface area (Å²) in [7, 11) is 1.91. The lowest BCUT2D eigenvalue weighted by atomic mass is 9.86. The zero-order chi connectivity index (χ0) is 26.7. The molecule has 1 aliphatic heterocycles. The monoisotopic (exact) mass is 511 g/mol. The minimum Gasteiger partial charge on any atom is -0.387 e. The first-order valence-corrected chi connectivity index (χ1v) is 12.5. The topological polar surface area (TPSA) is 152 Å². The Kier molecular flexibility index (Phi) is 8.08. The molecule has 4 rings (SSSR count). The van der Waals surface area contributed by atoms with Crippen molar-refractivity contribution in [2.24, 2.45) is 0 Å². The molecule has 1 aliphatic rings. The molecule has 2 unspecified atom stereocenters. The van der Waals surface area contributed by atoms with E-state index >= 15 is 0 Å². The molecule has 37 heavy (non-hydrogen) atoms. The number of anilines is 1. The Bertz CT molecular complexity index is 1210. The predicted octanol–water partition coefficient (Wildman–Crippen LogP) is 1.01. The van der Waals surface area contributed by atoms with Crippen molar-refractivity contribution >= 4 is 22.9 Å². The second-order valence-electron chi connectivity index (χ2n) is 10.7. The summed E-state index contributed by atoms with van der Waals surface area (Å²) in [5.74, 6) is 0.224. The van der Waals surface area contributed by atoms with Crippen molar-refractivity contribution in [1.82, 2.24) is 29.7 Å². The number of nitrogen functional groups attached to an aromatic ring is 1. The van der Waals surface area contributed by atoms with Crippen LogP contribution in [0.15, 0.2) is 36.9 Å². The normalized spacial score (nSPS) is 22.1. The van der Waals surface area contributed by atoms with E-state index < -0.39 is 24.5 Å². The number of rotatable bonds is 9. The Labute approximate surface area is 216 Å². The lowest BCUT2D eigenvalue weighted by molar-refractivity contribution is -0.120. The van der Waals surface area contributed by atoms with Crippen LogP contribution in [0.3, 0.4) is 0 Å². The largest absolute Gasteiger partial charge is 0.387 e. The first-order chi connectivity index (χ1) is 17.5. The van der Waals surface area contributed by atoms with Crippen LogP contribution in [0.4, 0.5) is 5.82 Å². The quantitative estimate of drug-likeness (QED) is 0.308. The number of nitrogens with two attached hydrogens (primary N) is 1. The van der Waals surface area contributed by atoms with Crippen LogP contribution in [0.25, 0.3) is 11.2 Å². The van der Waals surface area contributed by atoms with E-state index in [2.05, 4.69) is 53.2 Å². The lowest BCUT2D eigenvalue weighted by Gasteiger charge is -2.22. The average Bonchev–Trinajstić information content (AvgIpc) is 3.39. The minimum absolute atomic E-state index is 0.0105. The number of aliphatic hydroxyl groups excluding tert-OH is 2. The van der Waals surface area contributed by atoms with Crippen LogP contribution in [0.2, 0.25) is 0 Å². The van der Waals surface area contributed by atoms with E-state index in [-0.39, 0.29) is 17.1 Å². The van der Waals surface area contributed by atoms with E-state index in [1.807, 2.05) is 24.1 Å². The standard InChI is InChI=1S/C26H37N7O4/c1-26(2,3)17-8-6-16(7-9-17)12-19(34)28-10-5-11-32(4)13-18-21(35)22(36)25(37-18)33-15-31-20-23(27)29-14-30-24(20)33/h6-9,14-15,18,21-22,25,35-36H,5,10-13H2,1-4H3,(H,28,34)(H2,27,29,30)/t18-,21?,22?,25-/m1/s1. The van der Waals surface area contributed by atoms with E-state index in [0.717, 1.165) is 12.0 Å². The number of hydrogen-bond donors (Lipinski definition) is 4. The van der Waals surface area contributed by atoms with Gasteiger partial charge in [0.25, 0.3) is 0 Å². The van der Waals surface area contributed by atoms with Gasteiger partial charge < -0.3 is 30.9 Å². The van der Waals surface area contributed by atoms with Crippen LogP contribution in [0.1, 0.15) is 44.5 Å². The third-order valence-corrected chi connectivity index (χ3v) is 6.71. The molecule has 3 aromatic rings. The molecule has 1 saturated heterocycles. The fourth-order valence-electron chi connectivity index (χ4n) is 4.51. The first-order valence-electron chi connectivity index (χ1n) is 12.5.